The Hall–Kier alpha value is -1.23. The summed E-state index contributed by atoms with van der Waals surface area (Å²) in [7, 11) is 0. The van der Waals surface area contributed by atoms with Gasteiger partial charge in [0.05, 0.1) is 0 Å². The van der Waals surface area contributed by atoms with Crippen LogP contribution in [0, 0.1) is 5.82 Å². The van der Waals surface area contributed by atoms with Crippen molar-refractivity contribution in [1.29, 1.82) is 0 Å². The highest BCUT2D eigenvalue weighted by Crippen LogP contribution is 2.27. The molecule has 1 aliphatic heterocycles. The monoisotopic (exact) mass is 346 g/mol. The van der Waals surface area contributed by atoms with E-state index in [0.29, 0.717) is 6.04 Å². The molecule has 1 aromatic rings. The lowest BCUT2D eigenvalue weighted by molar-refractivity contribution is 0.0206. The van der Waals surface area contributed by atoms with Gasteiger partial charge in [-0.25, -0.2) is 4.39 Å². The summed E-state index contributed by atoms with van der Waals surface area (Å²) in [6.45, 7) is 4.42. The Morgan fingerprint density at radius 3 is 2.56 bits per heavy atom. The van der Waals surface area contributed by atoms with Crippen LogP contribution >= 0.6 is 0 Å². The van der Waals surface area contributed by atoms with Crippen LogP contribution in [0.25, 0.3) is 6.08 Å². The van der Waals surface area contributed by atoms with E-state index in [-0.39, 0.29) is 12.4 Å². The van der Waals surface area contributed by atoms with Crippen molar-refractivity contribution in [2.24, 2.45) is 0 Å². The topological polar surface area (TPSA) is 26.7 Å². The van der Waals surface area contributed by atoms with Gasteiger partial charge in [-0.2, -0.15) is 0 Å². The molecule has 2 aliphatic rings. The molecular formula is C21H31FN2O. The summed E-state index contributed by atoms with van der Waals surface area (Å²) in [5.41, 5.74) is 1.04. The number of hydrogen-bond donors (Lipinski definition) is 1. The Labute approximate surface area is 151 Å². The van der Waals surface area contributed by atoms with Crippen molar-refractivity contribution in [2.75, 3.05) is 32.8 Å². The summed E-state index contributed by atoms with van der Waals surface area (Å²) in [6.07, 6.45) is 11.9. The zero-order valence-corrected chi connectivity index (χ0v) is 15.1. The predicted molar refractivity (Wildman–Crippen MR) is 101 cm³/mol. The molecule has 0 radical (unpaired) electrons. The third-order valence-electron chi connectivity index (χ3n) is 5.66. The maximum absolute atomic E-state index is 12.9. The van der Waals surface area contributed by atoms with E-state index < -0.39 is 0 Å². The van der Waals surface area contributed by atoms with Gasteiger partial charge in [-0.05, 0) is 37.0 Å². The average Bonchev–Trinajstić information content (AvgIpc) is 2.65. The number of piperazine rings is 1. The van der Waals surface area contributed by atoms with Gasteiger partial charge in [0, 0.05) is 44.9 Å². The molecule has 1 aromatic carbocycles. The molecular weight excluding hydrogens is 315 g/mol. The summed E-state index contributed by atoms with van der Waals surface area (Å²) in [5.74, 6) is -0.192. The number of benzene rings is 1. The van der Waals surface area contributed by atoms with E-state index in [9.17, 15) is 9.50 Å². The standard InChI is InChI=1S/C21H31FN2O/c22-19-10-8-18(9-11-19)5-4-13-23-14-15-24(21(17-23)12-16-25)20-6-2-1-3-7-20/h4-5,8-11,20-21,25H,1-3,6-7,12-17H2. The van der Waals surface area contributed by atoms with Crippen LogP contribution in [0.15, 0.2) is 30.3 Å². The zero-order chi connectivity index (χ0) is 17.5. The van der Waals surface area contributed by atoms with E-state index in [2.05, 4.69) is 22.0 Å². The van der Waals surface area contributed by atoms with Crippen molar-refractivity contribution < 1.29 is 9.50 Å². The Bertz CT molecular complexity index is 539. The molecule has 3 nitrogen and oxygen atoms in total. The van der Waals surface area contributed by atoms with E-state index >= 15 is 0 Å². The maximum Gasteiger partial charge on any atom is 0.123 e. The minimum atomic E-state index is -0.192. The summed E-state index contributed by atoms with van der Waals surface area (Å²) in [6, 6.07) is 7.81. The third kappa shape index (κ3) is 5.37. The predicted octanol–water partition coefficient (Wildman–Crippen LogP) is 3.54. The number of rotatable bonds is 6. The van der Waals surface area contributed by atoms with E-state index in [4.69, 9.17) is 0 Å². The first kappa shape index (κ1) is 18.6. The molecule has 1 unspecified atom stereocenters. The molecule has 4 heteroatoms. The minimum Gasteiger partial charge on any atom is -0.396 e. The van der Waals surface area contributed by atoms with Gasteiger partial charge in [-0.15, -0.1) is 0 Å². The van der Waals surface area contributed by atoms with Crippen molar-refractivity contribution in [2.45, 2.75) is 50.6 Å². The van der Waals surface area contributed by atoms with Crippen LogP contribution < -0.4 is 0 Å². The minimum absolute atomic E-state index is 0.192. The molecule has 25 heavy (non-hydrogen) atoms. The van der Waals surface area contributed by atoms with Gasteiger partial charge < -0.3 is 5.11 Å². The van der Waals surface area contributed by atoms with Crippen LogP contribution in [0.3, 0.4) is 0 Å². The number of hydrogen-bond acceptors (Lipinski definition) is 3. The highest BCUT2D eigenvalue weighted by Gasteiger charge is 2.31. The molecule has 0 aromatic heterocycles. The Morgan fingerprint density at radius 1 is 1.08 bits per heavy atom. The van der Waals surface area contributed by atoms with Gasteiger partial charge in [0.2, 0.25) is 0 Å². The van der Waals surface area contributed by atoms with Crippen LogP contribution in [0.5, 0.6) is 0 Å². The molecule has 0 amide bonds. The van der Waals surface area contributed by atoms with Gasteiger partial charge >= 0.3 is 0 Å². The number of aliphatic hydroxyl groups excluding tert-OH is 1. The lowest BCUT2D eigenvalue weighted by atomic mass is 9.92. The molecule has 2 fully saturated rings. The molecule has 1 saturated carbocycles. The quantitative estimate of drug-likeness (QED) is 0.853. The summed E-state index contributed by atoms with van der Waals surface area (Å²) in [4.78, 5) is 5.15. The first-order valence-corrected chi connectivity index (χ1v) is 9.77. The van der Waals surface area contributed by atoms with E-state index in [1.54, 1.807) is 12.1 Å². The smallest absolute Gasteiger partial charge is 0.123 e. The fourth-order valence-electron chi connectivity index (χ4n) is 4.31. The molecule has 1 saturated heterocycles. The van der Waals surface area contributed by atoms with Crippen molar-refractivity contribution in [3.63, 3.8) is 0 Å². The first-order chi connectivity index (χ1) is 12.3. The molecule has 0 spiro atoms. The fraction of sp³-hybridized carbons (Fsp3) is 0.619. The largest absolute Gasteiger partial charge is 0.396 e. The maximum atomic E-state index is 12.9. The van der Waals surface area contributed by atoms with Crippen molar-refractivity contribution in [3.05, 3.63) is 41.7 Å². The number of halogens is 1. The Kier molecular flexibility index (Phi) is 7.02. The van der Waals surface area contributed by atoms with E-state index in [1.807, 2.05) is 0 Å². The van der Waals surface area contributed by atoms with Crippen molar-refractivity contribution in [3.8, 4) is 0 Å². The van der Waals surface area contributed by atoms with Crippen LogP contribution in [-0.4, -0.2) is 59.8 Å². The Morgan fingerprint density at radius 2 is 1.84 bits per heavy atom. The first-order valence-electron chi connectivity index (χ1n) is 9.77. The van der Waals surface area contributed by atoms with Gasteiger partial charge in [0.15, 0.2) is 0 Å². The van der Waals surface area contributed by atoms with Gasteiger partial charge in [0.1, 0.15) is 5.82 Å². The number of nitrogens with zero attached hydrogens (tertiary/aromatic N) is 2. The molecule has 1 atom stereocenters. The molecule has 0 bridgehead atoms. The second kappa shape index (κ2) is 9.46. The normalized spacial score (nSPS) is 24.2. The molecule has 1 heterocycles. The van der Waals surface area contributed by atoms with Gasteiger partial charge in [0.25, 0.3) is 0 Å². The fourth-order valence-corrected chi connectivity index (χ4v) is 4.31. The molecule has 1 aliphatic carbocycles. The SMILES string of the molecule is OCCC1CN(CC=Cc2ccc(F)cc2)CCN1C1CCCCC1. The van der Waals surface area contributed by atoms with Gasteiger partial charge in [-0.1, -0.05) is 43.5 Å². The lowest BCUT2D eigenvalue weighted by Crippen LogP contribution is -2.57. The molecule has 138 valence electrons. The van der Waals surface area contributed by atoms with Crippen LogP contribution in [-0.2, 0) is 0 Å². The summed E-state index contributed by atoms with van der Waals surface area (Å²) >= 11 is 0. The highest BCUT2D eigenvalue weighted by atomic mass is 19.1. The van der Waals surface area contributed by atoms with E-state index in [1.165, 1.54) is 44.2 Å². The highest BCUT2D eigenvalue weighted by molar-refractivity contribution is 5.48. The average molecular weight is 346 g/mol. The van der Waals surface area contributed by atoms with Gasteiger partial charge in [-0.3, -0.25) is 9.80 Å². The van der Waals surface area contributed by atoms with Crippen molar-refractivity contribution in [1.82, 2.24) is 9.80 Å². The van der Waals surface area contributed by atoms with Crippen LogP contribution in [0.4, 0.5) is 4.39 Å². The lowest BCUT2D eigenvalue weighted by Gasteiger charge is -2.46. The van der Waals surface area contributed by atoms with Crippen LogP contribution in [0.2, 0.25) is 0 Å². The second-order valence-corrected chi connectivity index (χ2v) is 7.41. The Balaban J connectivity index is 1.53. The van der Waals surface area contributed by atoms with Crippen LogP contribution in [0.1, 0.15) is 44.1 Å². The number of aliphatic hydroxyl groups is 1. The zero-order valence-electron chi connectivity index (χ0n) is 15.1. The molecule has 3 rings (SSSR count). The third-order valence-corrected chi connectivity index (χ3v) is 5.66. The molecule has 1 N–H and O–H groups in total. The van der Waals surface area contributed by atoms with E-state index in [0.717, 1.165) is 44.2 Å². The van der Waals surface area contributed by atoms with Crippen molar-refractivity contribution >= 4 is 6.08 Å². The second-order valence-electron chi connectivity index (χ2n) is 7.41. The summed E-state index contributed by atoms with van der Waals surface area (Å²) < 4.78 is 12.9. The summed E-state index contributed by atoms with van der Waals surface area (Å²) in [5, 5.41) is 9.48.